The van der Waals surface area contributed by atoms with Crippen molar-refractivity contribution in [2.45, 2.75) is 32.7 Å². The number of phenolic OH excluding ortho intramolecular Hbond substituents is 1. The van der Waals surface area contributed by atoms with Crippen molar-refractivity contribution in [2.75, 3.05) is 26.2 Å². The molecule has 0 saturated carbocycles. The molecule has 0 amide bonds. The van der Waals surface area contributed by atoms with Crippen molar-refractivity contribution in [3.8, 4) is 11.5 Å². The van der Waals surface area contributed by atoms with Crippen LogP contribution in [-0.2, 0) is 0 Å². The van der Waals surface area contributed by atoms with Crippen LogP contribution in [0.25, 0.3) is 0 Å². The standard InChI is InChI=1S/C17H28N2O2/c1-13(2)19-8-6-14(7-9-19)15(11-18)12-21-17-5-3-4-16(20)10-17/h3-5,10,13-15,20H,6-9,11-12,18H2,1-2H3. The lowest BCUT2D eigenvalue weighted by Gasteiger charge is -2.37. The molecule has 1 atom stereocenters. The Morgan fingerprint density at radius 1 is 1.33 bits per heavy atom. The number of hydrogen-bond donors (Lipinski definition) is 2. The van der Waals surface area contributed by atoms with Crippen LogP contribution in [0.4, 0.5) is 0 Å². The van der Waals surface area contributed by atoms with E-state index in [9.17, 15) is 5.11 Å². The van der Waals surface area contributed by atoms with Crippen molar-refractivity contribution < 1.29 is 9.84 Å². The average molecular weight is 292 g/mol. The first kappa shape index (κ1) is 16.1. The maximum Gasteiger partial charge on any atom is 0.122 e. The molecule has 0 bridgehead atoms. The van der Waals surface area contributed by atoms with Gasteiger partial charge in [0.25, 0.3) is 0 Å². The Hall–Kier alpha value is -1.26. The van der Waals surface area contributed by atoms with Gasteiger partial charge in [0.05, 0.1) is 6.61 Å². The van der Waals surface area contributed by atoms with Gasteiger partial charge in [-0.25, -0.2) is 0 Å². The number of hydrogen-bond acceptors (Lipinski definition) is 4. The van der Waals surface area contributed by atoms with Gasteiger partial charge in [-0.2, -0.15) is 0 Å². The number of nitrogens with zero attached hydrogens (tertiary/aromatic N) is 1. The number of phenols is 1. The van der Waals surface area contributed by atoms with Crippen molar-refractivity contribution in [1.82, 2.24) is 4.90 Å². The summed E-state index contributed by atoms with van der Waals surface area (Å²) in [7, 11) is 0. The van der Waals surface area contributed by atoms with Crippen LogP contribution in [0.15, 0.2) is 24.3 Å². The average Bonchev–Trinajstić information content (AvgIpc) is 2.48. The first-order valence-corrected chi connectivity index (χ1v) is 7.96. The monoisotopic (exact) mass is 292 g/mol. The Morgan fingerprint density at radius 3 is 2.62 bits per heavy atom. The minimum Gasteiger partial charge on any atom is -0.508 e. The lowest BCUT2D eigenvalue weighted by molar-refractivity contribution is 0.101. The molecule has 21 heavy (non-hydrogen) atoms. The van der Waals surface area contributed by atoms with Crippen LogP contribution in [0.2, 0.25) is 0 Å². The van der Waals surface area contributed by atoms with E-state index in [2.05, 4.69) is 18.7 Å². The summed E-state index contributed by atoms with van der Waals surface area (Å²) >= 11 is 0. The van der Waals surface area contributed by atoms with Gasteiger partial charge >= 0.3 is 0 Å². The normalized spacial score (nSPS) is 18.9. The predicted octanol–water partition coefficient (Wildman–Crippen LogP) is 2.47. The van der Waals surface area contributed by atoms with Crippen LogP contribution >= 0.6 is 0 Å². The number of rotatable bonds is 6. The van der Waals surface area contributed by atoms with E-state index < -0.39 is 0 Å². The van der Waals surface area contributed by atoms with Crippen LogP contribution in [0.3, 0.4) is 0 Å². The van der Waals surface area contributed by atoms with Gasteiger partial charge in [0.2, 0.25) is 0 Å². The molecule has 3 N–H and O–H groups in total. The molecule has 1 aromatic rings. The summed E-state index contributed by atoms with van der Waals surface area (Å²) in [6.07, 6.45) is 2.40. The molecule has 0 radical (unpaired) electrons. The highest BCUT2D eigenvalue weighted by Gasteiger charge is 2.27. The molecular weight excluding hydrogens is 264 g/mol. The summed E-state index contributed by atoms with van der Waals surface area (Å²) in [6.45, 7) is 8.12. The van der Waals surface area contributed by atoms with Crippen molar-refractivity contribution >= 4 is 0 Å². The SMILES string of the molecule is CC(C)N1CCC(C(CN)COc2cccc(O)c2)CC1. The van der Waals surface area contributed by atoms with Crippen LogP contribution in [-0.4, -0.2) is 42.3 Å². The highest BCUT2D eigenvalue weighted by atomic mass is 16.5. The summed E-state index contributed by atoms with van der Waals surface area (Å²) in [5, 5.41) is 9.46. The van der Waals surface area contributed by atoms with Gasteiger partial charge in [-0.3, -0.25) is 0 Å². The van der Waals surface area contributed by atoms with E-state index in [4.69, 9.17) is 10.5 Å². The van der Waals surface area contributed by atoms with Gasteiger partial charge in [0, 0.05) is 18.0 Å². The van der Waals surface area contributed by atoms with Crippen molar-refractivity contribution in [3.63, 3.8) is 0 Å². The minimum absolute atomic E-state index is 0.238. The Bertz CT molecular complexity index is 429. The fraction of sp³-hybridized carbons (Fsp3) is 0.647. The second-order valence-corrected chi connectivity index (χ2v) is 6.27. The van der Waals surface area contributed by atoms with E-state index in [1.54, 1.807) is 18.2 Å². The molecule has 4 heteroatoms. The summed E-state index contributed by atoms with van der Waals surface area (Å²) in [5.74, 6) is 1.99. The number of piperidine rings is 1. The molecule has 0 aromatic heterocycles. The number of benzene rings is 1. The van der Waals surface area contributed by atoms with Gasteiger partial charge in [0.15, 0.2) is 0 Å². The molecule has 1 saturated heterocycles. The fourth-order valence-electron chi connectivity index (χ4n) is 3.08. The van der Waals surface area contributed by atoms with Crippen molar-refractivity contribution in [3.05, 3.63) is 24.3 Å². The minimum atomic E-state index is 0.238. The zero-order chi connectivity index (χ0) is 15.2. The summed E-state index contributed by atoms with van der Waals surface area (Å²) in [5.41, 5.74) is 5.95. The molecule has 1 aliphatic rings. The molecule has 1 unspecified atom stereocenters. The molecule has 4 nitrogen and oxygen atoms in total. The molecule has 0 spiro atoms. The second kappa shape index (κ2) is 7.66. The maximum atomic E-state index is 9.46. The van der Waals surface area contributed by atoms with E-state index in [1.807, 2.05) is 6.07 Å². The molecular formula is C17H28N2O2. The third-order valence-electron chi connectivity index (χ3n) is 4.56. The Kier molecular flexibility index (Phi) is 5.88. The molecule has 1 heterocycles. The first-order valence-electron chi connectivity index (χ1n) is 7.96. The molecule has 1 fully saturated rings. The lowest BCUT2D eigenvalue weighted by atomic mass is 9.84. The molecule has 2 rings (SSSR count). The third-order valence-corrected chi connectivity index (χ3v) is 4.56. The maximum absolute atomic E-state index is 9.46. The van der Waals surface area contributed by atoms with Gasteiger partial charge in [-0.05, 0) is 64.4 Å². The van der Waals surface area contributed by atoms with E-state index in [-0.39, 0.29) is 5.75 Å². The van der Waals surface area contributed by atoms with Gasteiger partial charge in [-0.15, -0.1) is 0 Å². The van der Waals surface area contributed by atoms with Crippen LogP contribution < -0.4 is 10.5 Å². The van der Waals surface area contributed by atoms with E-state index in [1.165, 1.54) is 12.8 Å². The van der Waals surface area contributed by atoms with Crippen LogP contribution in [0.5, 0.6) is 11.5 Å². The van der Waals surface area contributed by atoms with Crippen molar-refractivity contribution in [2.24, 2.45) is 17.6 Å². The first-order chi connectivity index (χ1) is 10.1. The van der Waals surface area contributed by atoms with E-state index in [0.717, 1.165) is 13.1 Å². The quantitative estimate of drug-likeness (QED) is 0.845. The number of ether oxygens (including phenoxy) is 1. The van der Waals surface area contributed by atoms with Crippen LogP contribution in [0.1, 0.15) is 26.7 Å². The highest BCUT2D eigenvalue weighted by molar-refractivity contribution is 5.31. The number of nitrogens with two attached hydrogens (primary N) is 1. The molecule has 118 valence electrons. The van der Waals surface area contributed by atoms with Gasteiger partial charge in [-0.1, -0.05) is 6.07 Å². The fourth-order valence-corrected chi connectivity index (χ4v) is 3.08. The summed E-state index contributed by atoms with van der Waals surface area (Å²) < 4.78 is 5.81. The lowest BCUT2D eigenvalue weighted by Crippen LogP contribution is -2.42. The second-order valence-electron chi connectivity index (χ2n) is 6.27. The smallest absolute Gasteiger partial charge is 0.122 e. The Morgan fingerprint density at radius 2 is 2.05 bits per heavy atom. The number of aromatic hydroxyl groups is 1. The van der Waals surface area contributed by atoms with Crippen molar-refractivity contribution in [1.29, 1.82) is 0 Å². The molecule has 1 aromatic carbocycles. The van der Waals surface area contributed by atoms with E-state index in [0.29, 0.717) is 36.8 Å². The third kappa shape index (κ3) is 4.61. The van der Waals surface area contributed by atoms with Gasteiger partial charge in [0.1, 0.15) is 11.5 Å². The van der Waals surface area contributed by atoms with E-state index >= 15 is 0 Å². The predicted molar refractivity (Wildman–Crippen MR) is 85.6 cm³/mol. The van der Waals surface area contributed by atoms with Gasteiger partial charge < -0.3 is 20.5 Å². The topological polar surface area (TPSA) is 58.7 Å². The largest absolute Gasteiger partial charge is 0.508 e. The highest BCUT2D eigenvalue weighted by Crippen LogP contribution is 2.27. The molecule has 0 aliphatic carbocycles. The molecule has 1 aliphatic heterocycles. The summed E-state index contributed by atoms with van der Waals surface area (Å²) in [6, 6.07) is 7.59. The van der Waals surface area contributed by atoms with Crippen LogP contribution in [0, 0.1) is 11.8 Å². The Labute approximate surface area is 127 Å². The Balaban J connectivity index is 1.83. The summed E-state index contributed by atoms with van der Waals surface area (Å²) in [4.78, 5) is 2.53. The zero-order valence-corrected chi connectivity index (χ0v) is 13.2. The zero-order valence-electron chi connectivity index (χ0n) is 13.2. The number of likely N-dealkylation sites (tertiary alicyclic amines) is 1.